The van der Waals surface area contributed by atoms with E-state index < -0.39 is 40.7 Å². The number of nitrogens with one attached hydrogen (secondary N) is 1. The molecule has 0 aromatic heterocycles. The van der Waals surface area contributed by atoms with Crippen molar-refractivity contribution < 1.29 is 27.5 Å². The van der Waals surface area contributed by atoms with Crippen LogP contribution in [-0.2, 0) is 11.0 Å². The van der Waals surface area contributed by atoms with Gasteiger partial charge in [0.15, 0.2) is 5.11 Å². The summed E-state index contributed by atoms with van der Waals surface area (Å²) in [6, 6.07) is 9.00. The van der Waals surface area contributed by atoms with Crippen LogP contribution < -0.4 is 10.2 Å². The molecule has 1 fully saturated rings. The lowest BCUT2D eigenvalue weighted by Gasteiger charge is -2.28. The van der Waals surface area contributed by atoms with Crippen molar-refractivity contribution in [3.8, 4) is 6.07 Å². The summed E-state index contributed by atoms with van der Waals surface area (Å²) in [5, 5.41) is 22.0. The van der Waals surface area contributed by atoms with E-state index in [-0.39, 0.29) is 16.4 Å². The molecular formula is C19H13F4N3O2S. The van der Waals surface area contributed by atoms with Gasteiger partial charge in [-0.2, -0.15) is 18.4 Å². The van der Waals surface area contributed by atoms with E-state index in [2.05, 4.69) is 5.32 Å². The zero-order valence-corrected chi connectivity index (χ0v) is 15.6. The highest BCUT2D eigenvalue weighted by atomic mass is 32.1. The second-order valence-corrected chi connectivity index (χ2v) is 6.95. The van der Waals surface area contributed by atoms with Crippen LogP contribution in [-0.4, -0.2) is 21.7 Å². The lowest BCUT2D eigenvalue weighted by atomic mass is 9.89. The summed E-state index contributed by atoms with van der Waals surface area (Å²) in [5.74, 6) is -1.33. The third-order valence-electron chi connectivity index (χ3n) is 4.64. The molecule has 2 atom stereocenters. The maximum absolute atomic E-state index is 13.3. The van der Waals surface area contributed by atoms with Crippen LogP contribution in [0.15, 0.2) is 42.5 Å². The van der Waals surface area contributed by atoms with Crippen LogP contribution in [0.5, 0.6) is 0 Å². The summed E-state index contributed by atoms with van der Waals surface area (Å²) >= 11 is 5.11. The number of aliphatic hydroxyl groups is 1. The van der Waals surface area contributed by atoms with E-state index in [1.807, 2.05) is 0 Å². The quantitative estimate of drug-likeness (QED) is 0.585. The van der Waals surface area contributed by atoms with E-state index in [0.717, 1.165) is 29.2 Å². The maximum atomic E-state index is 13.3. The fourth-order valence-corrected chi connectivity index (χ4v) is 3.46. The summed E-state index contributed by atoms with van der Waals surface area (Å²) < 4.78 is 52.9. The van der Waals surface area contributed by atoms with E-state index in [4.69, 9.17) is 17.5 Å². The smallest absolute Gasteiger partial charge is 0.385 e. The van der Waals surface area contributed by atoms with E-state index >= 15 is 0 Å². The SMILES string of the molecule is C[C@]1([C@@H](O)c2ccc(F)cc2)NC(=S)N(c2ccc(C#N)c(C(F)(F)F)c2)C1=O. The van der Waals surface area contributed by atoms with Gasteiger partial charge in [-0.1, -0.05) is 12.1 Å². The Bertz CT molecular complexity index is 1030. The first kappa shape index (κ1) is 20.7. The van der Waals surface area contributed by atoms with Crippen LogP contribution in [0.3, 0.4) is 0 Å². The molecule has 1 amide bonds. The minimum absolute atomic E-state index is 0.200. The molecule has 2 aromatic rings. The van der Waals surface area contributed by atoms with E-state index in [1.54, 1.807) is 0 Å². The average Bonchev–Trinajstić information content (AvgIpc) is 2.90. The molecule has 2 N–H and O–H groups in total. The first-order valence-electron chi connectivity index (χ1n) is 8.20. The van der Waals surface area contributed by atoms with Gasteiger partial charge < -0.3 is 10.4 Å². The number of amides is 1. The number of anilines is 1. The number of halogens is 4. The molecule has 1 aliphatic rings. The van der Waals surface area contributed by atoms with Crippen LogP contribution in [0.4, 0.5) is 23.2 Å². The molecule has 0 bridgehead atoms. The Morgan fingerprint density at radius 2 is 1.86 bits per heavy atom. The van der Waals surface area contributed by atoms with Crippen molar-refractivity contribution in [2.24, 2.45) is 0 Å². The van der Waals surface area contributed by atoms with Gasteiger partial charge in [0, 0.05) is 0 Å². The molecular weight excluding hydrogens is 410 g/mol. The van der Waals surface area contributed by atoms with Gasteiger partial charge in [0.1, 0.15) is 17.5 Å². The Kier molecular flexibility index (Phi) is 5.06. The predicted octanol–water partition coefficient (Wildman–Crippen LogP) is 3.43. The maximum Gasteiger partial charge on any atom is 0.417 e. The zero-order valence-electron chi connectivity index (χ0n) is 14.8. The Balaban J connectivity index is 2.01. The molecule has 2 aromatic carbocycles. The number of alkyl halides is 3. The lowest BCUT2D eigenvalue weighted by Crippen LogP contribution is -2.49. The number of nitriles is 1. The zero-order chi connectivity index (χ0) is 21.6. The van der Waals surface area contributed by atoms with Crippen molar-refractivity contribution in [2.75, 3.05) is 4.90 Å². The molecule has 3 rings (SSSR count). The van der Waals surface area contributed by atoms with Crippen molar-refractivity contribution in [1.29, 1.82) is 5.26 Å². The summed E-state index contributed by atoms with van der Waals surface area (Å²) in [6.07, 6.45) is -6.27. The van der Waals surface area contributed by atoms with Gasteiger partial charge in [-0.25, -0.2) is 4.39 Å². The topological polar surface area (TPSA) is 76.4 Å². The van der Waals surface area contributed by atoms with Gasteiger partial charge in [0.05, 0.1) is 22.9 Å². The van der Waals surface area contributed by atoms with Crippen molar-refractivity contribution >= 4 is 28.9 Å². The standard InChI is InChI=1S/C19H13F4N3O2S/c1-18(15(27)10-2-5-12(20)6-3-10)16(28)26(17(29)25-18)13-7-4-11(9-24)14(8-13)19(21,22)23/h2-8,15,27H,1H3,(H,25,29)/t15-,18+/m0/s1. The van der Waals surface area contributed by atoms with Crippen molar-refractivity contribution in [3.05, 3.63) is 65.0 Å². The van der Waals surface area contributed by atoms with Crippen LogP contribution >= 0.6 is 12.2 Å². The molecule has 1 aliphatic heterocycles. The highest BCUT2D eigenvalue weighted by molar-refractivity contribution is 7.80. The van der Waals surface area contributed by atoms with Crippen molar-refractivity contribution in [2.45, 2.75) is 24.7 Å². The molecule has 0 radical (unpaired) electrons. The summed E-state index contributed by atoms with van der Waals surface area (Å²) in [4.78, 5) is 13.9. The summed E-state index contributed by atoms with van der Waals surface area (Å²) in [5.41, 5.74) is -3.48. The normalized spacial score (nSPS) is 20.4. The van der Waals surface area contributed by atoms with Crippen LogP contribution in [0.1, 0.15) is 29.7 Å². The molecule has 0 unspecified atom stereocenters. The molecule has 0 aliphatic carbocycles. The van der Waals surface area contributed by atoms with Gasteiger partial charge in [-0.3, -0.25) is 9.69 Å². The lowest BCUT2D eigenvalue weighted by molar-refractivity contribution is -0.137. The van der Waals surface area contributed by atoms with Crippen LogP contribution in [0.2, 0.25) is 0 Å². The Morgan fingerprint density at radius 1 is 1.24 bits per heavy atom. The van der Waals surface area contributed by atoms with Crippen molar-refractivity contribution in [3.63, 3.8) is 0 Å². The molecule has 1 saturated heterocycles. The van der Waals surface area contributed by atoms with E-state index in [1.165, 1.54) is 25.1 Å². The Labute approximate surface area is 168 Å². The van der Waals surface area contributed by atoms with Crippen LogP contribution in [0, 0.1) is 17.1 Å². The first-order chi connectivity index (χ1) is 13.5. The highest BCUT2D eigenvalue weighted by Crippen LogP contribution is 2.38. The fourth-order valence-electron chi connectivity index (χ4n) is 3.06. The van der Waals surface area contributed by atoms with Gasteiger partial charge in [-0.15, -0.1) is 0 Å². The molecule has 10 heteroatoms. The average molecular weight is 423 g/mol. The number of thiocarbonyl (C=S) groups is 1. The predicted molar refractivity (Wildman–Crippen MR) is 99.1 cm³/mol. The largest absolute Gasteiger partial charge is 0.417 e. The second kappa shape index (κ2) is 7.09. The number of rotatable bonds is 3. The van der Waals surface area contributed by atoms with Gasteiger partial charge in [0.2, 0.25) is 0 Å². The Morgan fingerprint density at radius 3 is 2.41 bits per heavy atom. The summed E-state index contributed by atoms with van der Waals surface area (Å²) in [6.45, 7) is 1.34. The van der Waals surface area contributed by atoms with Gasteiger partial charge in [-0.05, 0) is 55.0 Å². The minimum Gasteiger partial charge on any atom is -0.385 e. The van der Waals surface area contributed by atoms with E-state index in [9.17, 15) is 27.5 Å². The number of benzene rings is 2. The highest BCUT2D eigenvalue weighted by Gasteiger charge is 2.52. The third kappa shape index (κ3) is 3.54. The van der Waals surface area contributed by atoms with Crippen LogP contribution in [0.25, 0.3) is 0 Å². The minimum atomic E-state index is -4.81. The molecule has 0 spiro atoms. The summed E-state index contributed by atoms with van der Waals surface area (Å²) in [7, 11) is 0. The van der Waals surface area contributed by atoms with E-state index in [0.29, 0.717) is 6.07 Å². The number of carbonyl (C=O) groups is 1. The van der Waals surface area contributed by atoms with Gasteiger partial charge in [0.25, 0.3) is 5.91 Å². The molecule has 29 heavy (non-hydrogen) atoms. The number of carbonyl (C=O) groups excluding carboxylic acids is 1. The first-order valence-corrected chi connectivity index (χ1v) is 8.61. The molecule has 5 nitrogen and oxygen atoms in total. The third-order valence-corrected chi connectivity index (χ3v) is 4.92. The number of hydrogen-bond acceptors (Lipinski definition) is 4. The van der Waals surface area contributed by atoms with Crippen molar-refractivity contribution in [1.82, 2.24) is 5.32 Å². The fraction of sp³-hybridized carbons (Fsp3) is 0.211. The second-order valence-electron chi connectivity index (χ2n) is 6.57. The Hall–Kier alpha value is -3.03. The number of nitrogens with zero attached hydrogens (tertiary/aromatic N) is 2. The molecule has 1 heterocycles. The molecule has 150 valence electrons. The number of hydrogen-bond donors (Lipinski definition) is 2. The monoisotopic (exact) mass is 423 g/mol. The molecule has 0 saturated carbocycles. The number of aliphatic hydroxyl groups excluding tert-OH is 1. The van der Waals surface area contributed by atoms with Gasteiger partial charge >= 0.3 is 6.18 Å².